The van der Waals surface area contributed by atoms with Gasteiger partial charge in [-0.15, -0.1) is 0 Å². The minimum Gasteiger partial charge on any atom is -0.345 e. The highest BCUT2D eigenvalue weighted by Gasteiger charge is 2.43. The van der Waals surface area contributed by atoms with E-state index in [2.05, 4.69) is 5.32 Å². The van der Waals surface area contributed by atoms with Crippen LogP contribution in [0.2, 0.25) is 5.02 Å². The number of amides is 2. The molecule has 0 heterocycles. The number of rotatable bonds is 3. The topological polar surface area (TPSA) is 49.4 Å². The van der Waals surface area contributed by atoms with Gasteiger partial charge in [0.1, 0.15) is 0 Å². The van der Waals surface area contributed by atoms with Crippen molar-refractivity contribution in [2.75, 3.05) is 19.4 Å². The maximum Gasteiger partial charge on any atom is 0.253 e. The first-order valence-electron chi connectivity index (χ1n) is 7.77. The smallest absolute Gasteiger partial charge is 0.253 e. The summed E-state index contributed by atoms with van der Waals surface area (Å²) in [5.41, 5.74) is 1.06. The number of benzene rings is 1. The molecule has 5 heteroatoms. The first kappa shape index (κ1) is 15.3. The second-order valence-electron chi connectivity index (χ2n) is 6.66. The van der Waals surface area contributed by atoms with Crippen LogP contribution in [0.3, 0.4) is 0 Å². The van der Waals surface area contributed by atoms with Crippen molar-refractivity contribution in [3.05, 3.63) is 28.8 Å². The number of nitrogens with zero attached hydrogens (tertiary/aromatic N) is 1. The number of nitrogens with one attached hydrogen (secondary N) is 1. The highest BCUT2D eigenvalue weighted by Crippen LogP contribution is 2.48. The summed E-state index contributed by atoms with van der Waals surface area (Å²) in [4.78, 5) is 26.0. The Morgan fingerprint density at radius 1 is 1.23 bits per heavy atom. The summed E-state index contributed by atoms with van der Waals surface area (Å²) >= 11 is 6.17. The van der Waals surface area contributed by atoms with E-state index in [1.807, 2.05) is 0 Å². The van der Waals surface area contributed by atoms with Gasteiger partial charge in [0, 0.05) is 25.6 Å². The van der Waals surface area contributed by atoms with Gasteiger partial charge in [-0.3, -0.25) is 9.59 Å². The summed E-state index contributed by atoms with van der Waals surface area (Å²) < 4.78 is 0. The zero-order valence-corrected chi connectivity index (χ0v) is 13.7. The normalized spacial score (nSPS) is 26.0. The van der Waals surface area contributed by atoms with Crippen LogP contribution < -0.4 is 5.32 Å². The molecular weight excluding hydrogens is 300 g/mol. The number of halogens is 1. The molecule has 2 aliphatic rings. The molecule has 1 aromatic rings. The number of carbonyl (C=O) groups excluding carboxylic acids is 2. The molecule has 2 aliphatic carbocycles. The summed E-state index contributed by atoms with van der Waals surface area (Å²) in [7, 11) is 3.40. The van der Waals surface area contributed by atoms with Crippen LogP contribution in [0.5, 0.6) is 0 Å². The summed E-state index contributed by atoms with van der Waals surface area (Å²) in [6.07, 6.45) is 4.60. The summed E-state index contributed by atoms with van der Waals surface area (Å²) in [5.74, 6) is 1.28. The van der Waals surface area contributed by atoms with E-state index in [1.165, 1.54) is 17.7 Å². The maximum atomic E-state index is 12.5. The van der Waals surface area contributed by atoms with Crippen molar-refractivity contribution in [1.82, 2.24) is 4.90 Å². The predicted molar refractivity (Wildman–Crippen MR) is 87.0 cm³/mol. The second-order valence-corrected chi connectivity index (χ2v) is 7.07. The lowest BCUT2D eigenvalue weighted by atomic mass is 9.88. The van der Waals surface area contributed by atoms with E-state index in [0.717, 1.165) is 18.8 Å². The van der Waals surface area contributed by atoms with Gasteiger partial charge in [0.05, 0.1) is 10.7 Å². The van der Waals surface area contributed by atoms with Crippen molar-refractivity contribution in [3.63, 3.8) is 0 Å². The molecule has 0 aromatic heterocycles. The summed E-state index contributed by atoms with van der Waals surface area (Å²) in [5, 5.41) is 3.39. The Balaban J connectivity index is 1.75. The Hall–Kier alpha value is -1.55. The third-order valence-electron chi connectivity index (χ3n) is 4.95. The van der Waals surface area contributed by atoms with Gasteiger partial charge in [-0.05, 0) is 49.3 Å². The minimum absolute atomic E-state index is 0.0450. The third kappa shape index (κ3) is 2.84. The number of hydrogen-bond acceptors (Lipinski definition) is 2. The van der Waals surface area contributed by atoms with Crippen molar-refractivity contribution in [2.24, 2.45) is 17.8 Å². The SMILES string of the molecule is CN(C)C(=O)c1ccc(Cl)c(NC(=O)C2CC3CCC2C3)c1. The van der Waals surface area contributed by atoms with Gasteiger partial charge in [-0.1, -0.05) is 18.0 Å². The van der Waals surface area contributed by atoms with E-state index < -0.39 is 0 Å². The lowest BCUT2D eigenvalue weighted by Gasteiger charge is -2.21. The van der Waals surface area contributed by atoms with Gasteiger partial charge in [-0.2, -0.15) is 0 Å². The fourth-order valence-corrected chi connectivity index (χ4v) is 3.97. The fraction of sp³-hybridized carbons (Fsp3) is 0.529. The van der Waals surface area contributed by atoms with Crippen molar-refractivity contribution < 1.29 is 9.59 Å². The first-order valence-corrected chi connectivity index (χ1v) is 8.15. The molecule has 118 valence electrons. The van der Waals surface area contributed by atoms with Crippen molar-refractivity contribution in [1.29, 1.82) is 0 Å². The lowest BCUT2D eigenvalue weighted by molar-refractivity contribution is -0.121. The Bertz CT molecular complexity index is 615. The van der Waals surface area contributed by atoms with Crippen LogP contribution in [-0.4, -0.2) is 30.8 Å². The van der Waals surface area contributed by atoms with Crippen LogP contribution in [0.15, 0.2) is 18.2 Å². The van der Waals surface area contributed by atoms with Gasteiger partial charge in [-0.25, -0.2) is 0 Å². The molecule has 2 fully saturated rings. The van der Waals surface area contributed by atoms with E-state index in [4.69, 9.17) is 11.6 Å². The molecule has 3 atom stereocenters. The monoisotopic (exact) mass is 320 g/mol. The van der Waals surface area contributed by atoms with Crippen molar-refractivity contribution in [3.8, 4) is 0 Å². The van der Waals surface area contributed by atoms with Crippen LogP contribution in [0.4, 0.5) is 5.69 Å². The zero-order valence-electron chi connectivity index (χ0n) is 12.9. The molecule has 0 saturated heterocycles. The third-order valence-corrected chi connectivity index (χ3v) is 5.28. The number of hydrogen-bond donors (Lipinski definition) is 1. The molecule has 2 bridgehead atoms. The molecule has 4 nitrogen and oxygen atoms in total. The van der Waals surface area contributed by atoms with E-state index in [9.17, 15) is 9.59 Å². The predicted octanol–water partition coefficient (Wildman–Crippen LogP) is 3.42. The highest BCUT2D eigenvalue weighted by molar-refractivity contribution is 6.33. The van der Waals surface area contributed by atoms with Crippen LogP contribution in [0.25, 0.3) is 0 Å². The van der Waals surface area contributed by atoms with Crippen LogP contribution in [-0.2, 0) is 4.79 Å². The van der Waals surface area contributed by atoms with E-state index in [-0.39, 0.29) is 17.7 Å². The van der Waals surface area contributed by atoms with Gasteiger partial charge >= 0.3 is 0 Å². The Morgan fingerprint density at radius 2 is 2.00 bits per heavy atom. The zero-order chi connectivity index (χ0) is 15.9. The highest BCUT2D eigenvalue weighted by atomic mass is 35.5. The molecule has 3 unspecified atom stereocenters. The van der Waals surface area contributed by atoms with E-state index in [0.29, 0.717) is 22.2 Å². The average molecular weight is 321 g/mol. The largest absolute Gasteiger partial charge is 0.345 e. The lowest BCUT2D eigenvalue weighted by Crippen LogP contribution is -2.27. The molecule has 0 radical (unpaired) electrons. The standard InChI is InChI=1S/C17H21ClN2O2/c1-20(2)17(22)12-5-6-14(18)15(9-12)19-16(21)13-8-10-3-4-11(13)7-10/h5-6,9-11,13H,3-4,7-8H2,1-2H3,(H,19,21). The molecule has 0 spiro atoms. The molecule has 1 aromatic carbocycles. The Labute approximate surface area is 135 Å². The molecule has 2 saturated carbocycles. The van der Waals surface area contributed by atoms with Crippen molar-refractivity contribution >= 4 is 29.1 Å². The van der Waals surface area contributed by atoms with E-state index in [1.54, 1.807) is 32.3 Å². The summed E-state index contributed by atoms with van der Waals surface area (Å²) in [6, 6.07) is 5.00. The Kier molecular flexibility index (Phi) is 4.13. The van der Waals surface area contributed by atoms with Crippen LogP contribution in [0, 0.1) is 17.8 Å². The average Bonchev–Trinajstić information content (AvgIpc) is 3.11. The number of anilines is 1. The van der Waals surface area contributed by atoms with Crippen LogP contribution in [0.1, 0.15) is 36.0 Å². The van der Waals surface area contributed by atoms with Gasteiger partial charge in [0.25, 0.3) is 5.91 Å². The van der Waals surface area contributed by atoms with Gasteiger partial charge < -0.3 is 10.2 Å². The van der Waals surface area contributed by atoms with Gasteiger partial charge in [0.15, 0.2) is 0 Å². The minimum atomic E-state index is -0.105. The summed E-state index contributed by atoms with van der Waals surface area (Å²) in [6.45, 7) is 0. The molecule has 2 amide bonds. The molecule has 3 rings (SSSR count). The van der Waals surface area contributed by atoms with Crippen molar-refractivity contribution in [2.45, 2.75) is 25.7 Å². The number of carbonyl (C=O) groups is 2. The maximum absolute atomic E-state index is 12.5. The second kappa shape index (κ2) is 5.92. The van der Waals surface area contributed by atoms with E-state index >= 15 is 0 Å². The van der Waals surface area contributed by atoms with Gasteiger partial charge in [0.2, 0.25) is 5.91 Å². The molecular formula is C17H21ClN2O2. The Morgan fingerprint density at radius 3 is 2.59 bits per heavy atom. The molecule has 1 N–H and O–H groups in total. The fourth-order valence-electron chi connectivity index (χ4n) is 3.80. The molecule has 22 heavy (non-hydrogen) atoms. The quantitative estimate of drug-likeness (QED) is 0.927. The first-order chi connectivity index (χ1) is 10.5. The number of fused-ring (bicyclic) bond motifs is 2. The van der Waals surface area contributed by atoms with Crippen LogP contribution >= 0.6 is 11.6 Å². The molecule has 0 aliphatic heterocycles.